The zero-order chi connectivity index (χ0) is 8.59. The Morgan fingerprint density at radius 2 is 1.36 bits per heavy atom. The van der Waals surface area contributed by atoms with E-state index in [1.165, 1.54) is 11.1 Å². The van der Waals surface area contributed by atoms with Crippen molar-refractivity contribution in [2.24, 2.45) is 0 Å². The monoisotopic (exact) mass is 274 g/mol. The third-order valence-electron chi connectivity index (χ3n) is 2.72. The van der Waals surface area contributed by atoms with Gasteiger partial charge in [-0.2, -0.15) is 0 Å². The van der Waals surface area contributed by atoms with E-state index in [-0.39, 0.29) is 13.6 Å². The average molecular weight is 274 g/mol. The fourth-order valence-corrected chi connectivity index (χ4v) is 6.68. The Hall–Kier alpha value is 0.503. The van der Waals surface area contributed by atoms with Gasteiger partial charge in [0.15, 0.2) is 0 Å². The first-order valence-electron chi connectivity index (χ1n) is 3.81. The van der Waals surface area contributed by atoms with Gasteiger partial charge in [-0.1, -0.05) is 0 Å². The van der Waals surface area contributed by atoms with E-state index >= 15 is 0 Å². The topological polar surface area (TPSA) is 0 Å². The summed E-state index contributed by atoms with van der Waals surface area (Å²) in [5.74, 6) is 0. The Balaban J connectivity index is 3.04. The summed E-state index contributed by atoms with van der Waals surface area (Å²) >= 11 is 3.71. The number of allylic oxidation sites excluding steroid dienone is 4. The standard InChI is InChI=1S/C9H13BrGe/c1-5-6(2)8(4)9(11-10)7(5)3/h9H,1-4H3. The van der Waals surface area contributed by atoms with E-state index in [2.05, 4.69) is 41.7 Å². The predicted molar refractivity (Wildman–Crippen MR) is 55.2 cm³/mol. The summed E-state index contributed by atoms with van der Waals surface area (Å²) in [6.07, 6.45) is 0. The van der Waals surface area contributed by atoms with Gasteiger partial charge in [-0.3, -0.25) is 0 Å². The first-order chi connectivity index (χ1) is 5.09. The van der Waals surface area contributed by atoms with Crippen molar-refractivity contribution in [2.75, 3.05) is 0 Å². The van der Waals surface area contributed by atoms with E-state index in [9.17, 15) is 0 Å². The van der Waals surface area contributed by atoms with Gasteiger partial charge in [0.25, 0.3) is 0 Å². The van der Waals surface area contributed by atoms with Gasteiger partial charge >= 0.3 is 82.3 Å². The molecule has 0 saturated heterocycles. The summed E-state index contributed by atoms with van der Waals surface area (Å²) in [6, 6.07) is 0. The molecule has 0 aliphatic heterocycles. The molecule has 0 nitrogen and oxygen atoms in total. The zero-order valence-electron chi connectivity index (χ0n) is 7.46. The van der Waals surface area contributed by atoms with Gasteiger partial charge in [-0.15, -0.1) is 0 Å². The molecule has 2 heteroatoms. The fourth-order valence-electron chi connectivity index (χ4n) is 1.51. The summed E-state index contributed by atoms with van der Waals surface area (Å²) in [6.45, 7) is 9.02. The Kier molecular flexibility index (Phi) is 3.04. The van der Waals surface area contributed by atoms with E-state index in [0.717, 1.165) is 4.75 Å². The number of hydrogen-bond acceptors (Lipinski definition) is 0. The van der Waals surface area contributed by atoms with Crippen molar-refractivity contribution < 1.29 is 0 Å². The van der Waals surface area contributed by atoms with Gasteiger partial charge in [0.2, 0.25) is 0 Å². The van der Waals surface area contributed by atoms with Crippen LogP contribution in [0.5, 0.6) is 0 Å². The van der Waals surface area contributed by atoms with Gasteiger partial charge < -0.3 is 0 Å². The van der Waals surface area contributed by atoms with Gasteiger partial charge in [0.1, 0.15) is 0 Å². The molecular formula is C9H13BrGe. The van der Waals surface area contributed by atoms with Crippen molar-refractivity contribution >= 4 is 27.6 Å². The summed E-state index contributed by atoms with van der Waals surface area (Å²) in [4.78, 5) is 0. The van der Waals surface area contributed by atoms with Crippen molar-refractivity contribution in [1.82, 2.24) is 0 Å². The van der Waals surface area contributed by atoms with Gasteiger partial charge in [-0.25, -0.2) is 0 Å². The molecule has 0 atom stereocenters. The molecule has 0 N–H and O–H groups in total. The molecule has 0 amide bonds. The van der Waals surface area contributed by atoms with Gasteiger partial charge in [0.05, 0.1) is 0 Å². The van der Waals surface area contributed by atoms with Crippen LogP contribution in [-0.2, 0) is 0 Å². The first kappa shape index (κ1) is 9.59. The molecular weight excluding hydrogens is 261 g/mol. The number of rotatable bonds is 1. The Bertz CT molecular complexity index is 214. The van der Waals surface area contributed by atoms with Crippen molar-refractivity contribution in [1.29, 1.82) is 0 Å². The summed E-state index contributed by atoms with van der Waals surface area (Å²) in [7, 11) is 0. The number of halogens is 1. The molecule has 1 aliphatic carbocycles. The SMILES string of the molecule is CC1=C(C)[CH]([Ge][Br])C(C)=C1C. The van der Waals surface area contributed by atoms with E-state index in [1.54, 1.807) is 11.1 Å². The van der Waals surface area contributed by atoms with Crippen LogP contribution in [0.15, 0.2) is 22.3 Å². The Labute approximate surface area is 82.2 Å². The first-order valence-corrected chi connectivity index (χ1v) is 9.93. The molecule has 2 radical (unpaired) electrons. The van der Waals surface area contributed by atoms with Gasteiger partial charge in [-0.05, 0) is 0 Å². The second-order valence-corrected chi connectivity index (χ2v) is 7.21. The maximum atomic E-state index is 3.67. The molecule has 1 aliphatic rings. The van der Waals surface area contributed by atoms with Crippen molar-refractivity contribution in [3.63, 3.8) is 0 Å². The second kappa shape index (κ2) is 3.48. The second-order valence-electron chi connectivity index (χ2n) is 3.16. The maximum absolute atomic E-state index is 3.67. The molecule has 0 saturated carbocycles. The average Bonchev–Trinajstić information content (AvgIpc) is 2.17. The molecule has 0 heterocycles. The summed E-state index contributed by atoms with van der Waals surface area (Å²) in [5.41, 5.74) is 6.24. The third kappa shape index (κ3) is 1.50. The predicted octanol–water partition coefficient (Wildman–Crippen LogP) is 3.48. The van der Waals surface area contributed by atoms with Crippen LogP contribution in [0, 0.1) is 0 Å². The van der Waals surface area contributed by atoms with Crippen molar-refractivity contribution in [2.45, 2.75) is 32.4 Å². The summed E-state index contributed by atoms with van der Waals surface area (Å²) in [5, 5.41) is 0. The molecule has 1 rings (SSSR count). The zero-order valence-corrected chi connectivity index (χ0v) is 11.1. The Morgan fingerprint density at radius 3 is 1.55 bits per heavy atom. The fraction of sp³-hybridized carbons (Fsp3) is 0.556. The van der Waals surface area contributed by atoms with Crippen LogP contribution in [0.2, 0.25) is 4.75 Å². The van der Waals surface area contributed by atoms with Crippen LogP contribution in [0.25, 0.3) is 0 Å². The third-order valence-corrected chi connectivity index (χ3v) is 7.37. The van der Waals surface area contributed by atoms with E-state index < -0.39 is 0 Å². The number of hydrogen-bond donors (Lipinski definition) is 0. The van der Waals surface area contributed by atoms with Crippen LogP contribution in [-0.4, -0.2) is 13.6 Å². The van der Waals surface area contributed by atoms with Crippen LogP contribution in [0.4, 0.5) is 0 Å². The van der Waals surface area contributed by atoms with E-state index in [1.807, 2.05) is 0 Å². The Morgan fingerprint density at radius 1 is 1.00 bits per heavy atom. The molecule has 11 heavy (non-hydrogen) atoms. The van der Waals surface area contributed by atoms with Crippen LogP contribution in [0.3, 0.4) is 0 Å². The molecule has 0 fully saturated rings. The molecule has 0 spiro atoms. The minimum atomic E-state index is 0.0427. The van der Waals surface area contributed by atoms with E-state index in [4.69, 9.17) is 0 Å². The molecule has 0 bridgehead atoms. The van der Waals surface area contributed by atoms with Crippen molar-refractivity contribution in [3.05, 3.63) is 22.3 Å². The minimum absolute atomic E-state index is 0.0427. The molecule has 0 aromatic rings. The molecule has 0 aromatic heterocycles. The van der Waals surface area contributed by atoms with Crippen LogP contribution in [0.1, 0.15) is 27.7 Å². The normalized spacial score (nSPS) is 20.5. The van der Waals surface area contributed by atoms with Crippen LogP contribution < -0.4 is 0 Å². The molecule has 0 aromatic carbocycles. The van der Waals surface area contributed by atoms with Gasteiger partial charge in [0, 0.05) is 0 Å². The quantitative estimate of drug-likeness (QED) is 0.642. The molecule has 0 unspecified atom stereocenters. The summed E-state index contributed by atoms with van der Waals surface area (Å²) < 4.78 is 0.787. The van der Waals surface area contributed by atoms with E-state index in [0.29, 0.717) is 0 Å². The molecule has 60 valence electrons. The van der Waals surface area contributed by atoms with Crippen LogP contribution >= 0.6 is 14.0 Å². The van der Waals surface area contributed by atoms with Crippen molar-refractivity contribution in [3.8, 4) is 0 Å².